The first-order valence-electron chi connectivity index (χ1n) is 9.26. The van der Waals surface area contributed by atoms with Crippen molar-refractivity contribution in [1.29, 1.82) is 0 Å². The third-order valence-corrected chi connectivity index (χ3v) is 4.30. The molecule has 0 aliphatic carbocycles. The average molecular weight is 363 g/mol. The maximum absolute atomic E-state index is 12.9. The van der Waals surface area contributed by atoms with Gasteiger partial charge in [0.1, 0.15) is 0 Å². The maximum atomic E-state index is 12.9. The molecule has 0 saturated carbocycles. The smallest absolute Gasteiger partial charge is 0.310 e. The Bertz CT molecular complexity index is 575. The SMILES string of the molecule is CCOCCCN(CC(C)C(=O)OC)C(=O)c1ccc(C(C)(C)C)cc1. The van der Waals surface area contributed by atoms with Crippen LogP contribution in [-0.2, 0) is 19.7 Å². The van der Waals surface area contributed by atoms with E-state index < -0.39 is 0 Å². The van der Waals surface area contributed by atoms with Gasteiger partial charge < -0.3 is 14.4 Å². The quantitative estimate of drug-likeness (QED) is 0.496. The molecule has 0 aliphatic heterocycles. The highest BCUT2D eigenvalue weighted by molar-refractivity contribution is 5.94. The van der Waals surface area contributed by atoms with E-state index in [9.17, 15) is 9.59 Å². The predicted octanol–water partition coefficient (Wildman–Crippen LogP) is 3.66. The minimum atomic E-state index is -0.370. The molecule has 0 spiro atoms. The van der Waals surface area contributed by atoms with E-state index in [1.54, 1.807) is 11.8 Å². The van der Waals surface area contributed by atoms with Gasteiger partial charge in [-0.1, -0.05) is 39.8 Å². The molecule has 1 amide bonds. The molecular weight excluding hydrogens is 330 g/mol. The number of ether oxygens (including phenoxy) is 2. The van der Waals surface area contributed by atoms with Crippen LogP contribution in [0.15, 0.2) is 24.3 Å². The second kappa shape index (κ2) is 10.3. The summed E-state index contributed by atoms with van der Waals surface area (Å²) in [6, 6.07) is 7.72. The van der Waals surface area contributed by atoms with Crippen LogP contribution in [0.2, 0.25) is 0 Å². The molecule has 1 unspecified atom stereocenters. The third kappa shape index (κ3) is 6.79. The van der Waals surface area contributed by atoms with Crippen molar-refractivity contribution in [2.24, 2.45) is 5.92 Å². The molecule has 0 saturated heterocycles. The first-order valence-corrected chi connectivity index (χ1v) is 9.26. The Balaban J connectivity index is 2.89. The Morgan fingerprint density at radius 1 is 1.15 bits per heavy atom. The number of rotatable bonds is 9. The standard InChI is InChI=1S/C21H33NO4/c1-7-26-14-8-13-22(15-16(2)20(24)25-6)19(23)17-9-11-18(12-10-17)21(3,4)5/h9-12,16H,7-8,13-15H2,1-6H3. The van der Waals surface area contributed by atoms with Gasteiger partial charge in [0.2, 0.25) is 0 Å². The fourth-order valence-corrected chi connectivity index (χ4v) is 2.68. The van der Waals surface area contributed by atoms with E-state index in [1.807, 2.05) is 31.2 Å². The van der Waals surface area contributed by atoms with Crippen molar-refractivity contribution < 1.29 is 19.1 Å². The molecule has 1 aromatic carbocycles. The van der Waals surface area contributed by atoms with Crippen LogP contribution < -0.4 is 0 Å². The summed E-state index contributed by atoms with van der Waals surface area (Å²) in [5.41, 5.74) is 1.85. The average Bonchev–Trinajstić information content (AvgIpc) is 2.62. The summed E-state index contributed by atoms with van der Waals surface area (Å²) >= 11 is 0. The molecule has 5 heteroatoms. The first-order chi connectivity index (χ1) is 12.2. The van der Waals surface area contributed by atoms with E-state index in [0.717, 1.165) is 6.42 Å². The first kappa shape index (κ1) is 22.2. The van der Waals surface area contributed by atoms with E-state index in [2.05, 4.69) is 20.8 Å². The summed E-state index contributed by atoms with van der Waals surface area (Å²) in [7, 11) is 1.37. The lowest BCUT2D eigenvalue weighted by Crippen LogP contribution is -2.38. The molecule has 26 heavy (non-hydrogen) atoms. The van der Waals surface area contributed by atoms with Gasteiger partial charge in [-0.25, -0.2) is 0 Å². The topological polar surface area (TPSA) is 55.8 Å². The van der Waals surface area contributed by atoms with Gasteiger partial charge in [0.05, 0.1) is 13.0 Å². The lowest BCUT2D eigenvalue weighted by atomic mass is 9.86. The largest absolute Gasteiger partial charge is 0.469 e. The second-order valence-corrected chi connectivity index (χ2v) is 7.55. The lowest BCUT2D eigenvalue weighted by molar-refractivity contribution is -0.145. The van der Waals surface area contributed by atoms with E-state index >= 15 is 0 Å². The van der Waals surface area contributed by atoms with Gasteiger partial charge in [0.15, 0.2) is 0 Å². The molecular formula is C21H33NO4. The summed E-state index contributed by atoms with van der Waals surface area (Å²) in [4.78, 5) is 26.4. The van der Waals surface area contributed by atoms with Crippen molar-refractivity contribution in [2.75, 3.05) is 33.4 Å². The van der Waals surface area contributed by atoms with Crippen molar-refractivity contribution in [3.05, 3.63) is 35.4 Å². The molecule has 0 radical (unpaired) electrons. The van der Waals surface area contributed by atoms with Gasteiger partial charge in [-0.05, 0) is 36.5 Å². The van der Waals surface area contributed by atoms with E-state index in [4.69, 9.17) is 9.47 Å². The Labute approximate surface area is 157 Å². The van der Waals surface area contributed by atoms with Crippen LogP contribution in [0.1, 0.15) is 57.0 Å². The summed E-state index contributed by atoms with van der Waals surface area (Å²) in [6.07, 6.45) is 0.730. The summed E-state index contributed by atoms with van der Waals surface area (Å²) in [5, 5.41) is 0. The Hall–Kier alpha value is -1.88. The number of esters is 1. The highest BCUT2D eigenvalue weighted by Gasteiger charge is 2.23. The molecule has 0 N–H and O–H groups in total. The van der Waals surface area contributed by atoms with Crippen molar-refractivity contribution in [1.82, 2.24) is 4.90 Å². The zero-order valence-corrected chi connectivity index (χ0v) is 17.0. The minimum Gasteiger partial charge on any atom is -0.469 e. The van der Waals surface area contributed by atoms with Crippen LogP contribution in [0.5, 0.6) is 0 Å². The minimum absolute atomic E-state index is 0.0398. The molecule has 1 atom stereocenters. The molecule has 5 nitrogen and oxygen atoms in total. The van der Waals surface area contributed by atoms with Gasteiger partial charge in [0.25, 0.3) is 5.91 Å². The molecule has 0 aromatic heterocycles. The van der Waals surface area contributed by atoms with Gasteiger partial charge in [-0.3, -0.25) is 9.59 Å². The van der Waals surface area contributed by atoms with Crippen LogP contribution in [0.3, 0.4) is 0 Å². The molecule has 0 fully saturated rings. The van der Waals surface area contributed by atoms with E-state index in [-0.39, 0.29) is 23.2 Å². The van der Waals surface area contributed by atoms with Crippen LogP contribution in [0, 0.1) is 5.92 Å². The van der Waals surface area contributed by atoms with Crippen LogP contribution in [0.4, 0.5) is 0 Å². The summed E-state index contributed by atoms with van der Waals surface area (Å²) < 4.78 is 10.2. The number of hydrogen-bond acceptors (Lipinski definition) is 4. The summed E-state index contributed by atoms with van der Waals surface area (Å²) in [5.74, 6) is -0.752. The molecule has 146 valence electrons. The zero-order chi connectivity index (χ0) is 19.7. The van der Waals surface area contributed by atoms with Gasteiger partial charge in [-0.2, -0.15) is 0 Å². The van der Waals surface area contributed by atoms with Crippen molar-refractivity contribution in [2.45, 2.75) is 46.5 Å². The maximum Gasteiger partial charge on any atom is 0.310 e. The molecule has 1 aromatic rings. The van der Waals surface area contributed by atoms with Crippen LogP contribution in [0.25, 0.3) is 0 Å². The number of benzene rings is 1. The fraction of sp³-hybridized carbons (Fsp3) is 0.619. The van der Waals surface area contributed by atoms with E-state index in [0.29, 0.717) is 31.9 Å². The summed E-state index contributed by atoms with van der Waals surface area (Å²) in [6.45, 7) is 12.3. The van der Waals surface area contributed by atoms with Crippen molar-refractivity contribution in [3.8, 4) is 0 Å². The number of carbonyl (C=O) groups is 2. The number of nitrogens with zero attached hydrogens (tertiary/aromatic N) is 1. The highest BCUT2D eigenvalue weighted by atomic mass is 16.5. The zero-order valence-electron chi connectivity index (χ0n) is 17.0. The number of amides is 1. The van der Waals surface area contributed by atoms with E-state index in [1.165, 1.54) is 12.7 Å². The monoisotopic (exact) mass is 363 g/mol. The number of methoxy groups -OCH3 is 1. The van der Waals surface area contributed by atoms with Gasteiger partial charge >= 0.3 is 5.97 Å². The van der Waals surface area contributed by atoms with Crippen molar-refractivity contribution in [3.63, 3.8) is 0 Å². The second-order valence-electron chi connectivity index (χ2n) is 7.55. The molecule has 1 rings (SSSR count). The molecule has 0 heterocycles. The predicted molar refractivity (Wildman–Crippen MR) is 103 cm³/mol. The highest BCUT2D eigenvalue weighted by Crippen LogP contribution is 2.22. The lowest BCUT2D eigenvalue weighted by Gasteiger charge is -2.26. The number of carbonyl (C=O) groups excluding carboxylic acids is 2. The Morgan fingerprint density at radius 3 is 2.27 bits per heavy atom. The molecule has 0 aliphatic rings. The number of hydrogen-bond donors (Lipinski definition) is 0. The molecule has 0 bridgehead atoms. The normalized spacial score (nSPS) is 12.5. The Kier molecular flexibility index (Phi) is 8.79. The van der Waals surface area contributed by atoms with Gasteiger partial charge in [-0.15, -0.1) is 0 Å². The Morgan fingerprint density at radius 2 is 1.77 bits per heavy atom. The van der Waals surface area contributed by atoms with Gasteiger partial charge in [0, 0.05) is 31.9 Å². The third-order valence-electron chi connectivity index (χ3n) is 4.30. The van der Waals surface area contributed by atoms with Crippen LogP contribution >= 0.6 is 0 Å². The van der Waals surface area contributed by atoms with Crippen LogP contribution in [-0.4, -0.2) is 50.2 Å². The fourth-order valence-electron chi connectivity index (χ4n) is 2.68. The van der Waals surface area contributed by atoms with Crippen molar-refractivity contribution >= 4 is 11.9 Å².